The molecular weight excluding hydrogens is 389 g/mol. The standard InChI is InChI=1S/C21H24FN5O3/c22-17-5-6-18-15(7-8-29-18)16(17)9-23-21-24-10-19(20-26-25-12-27(20)21)30-11-13-1-3-14(28)4-2-13/h5-6,10,12-14,28H,1-4,7-9,11H2,(H,23,24). The number of nitrogens with one attached hydrogen (secondary N) is 1. The molecule has 1 fully saturated rings. The first-order valence-corrected chi connectivity index (χ1v) is 10.4. The van der Waals surface area contributed by atoms with Crippen LogP contribution in [0.15, 0.2) is 24.7 Å². The van der Waals surface area contributed by atoms with Gasteiger partial charge in [-0.3, -0.25) is 0 Å². The summed E-state index contributed by atoms with van der Waals surface area (Å²) in [6, 6.07) is 3.11. The van der Waals surface area contributed by atoms with Crippen molar-refractivity contribution in [2.75, 3.05) is 18.5 Å². The van der Waals surface area contributed by atoms with Crippen molar-refractivity contribution < 1.29 is 19.0 Å². The molecule has 0 saturated heterocycles. The van der Waals surface area contributed by atoms with Crippen LogP contribution in [-0.4, -0.2) is 44.0 Å². The van der Waals surface area contributed by atoms with Gasteiger partial charge in [0.15, 0.2) is 5.75 Å². The van der Waals surface area contributed by atoms with Gasteiger partial charge >= 0.3 is 0 Å². The van der Waals surface area contributed by atoms with Crippen LogP contribution in [0.3, 0.4) is 0 Å². The van der Waals surface area contributed by atoms with E-state index in [9.17, 15) is 9.50 Å². The molecule has 2 N–H and O–H groups in total. The third-order valence-electron chi connectivity index (χ3n) is 5.96. The topological polar surface area (TPSA) is 93.8 Å². The molecule has 5 rings (SSSR count). The summed E-state index contributed by atoms with van der Waals surface area (Å²) in [4.78, 5) is 4.45. The SMILES string of the molecule is OC1CCC(COc2cnc(NCc3c(F)ccc4c3CCO4)n3cnnc23)CC1. The Balaban J connectivity index is 1.31. The highest BCUT2D eigenvalue weighted by Gasteiger charge is 2.22. The molecule has 8 nitrogen and oxygen atoms in total. The van der Waals surface area contributed by atoms with Crippen LogP contribution in [0, 0.1) is 11.7 Å². The first-order valence-electron chi connectivity index (χ1n) is 10.4. The number of rotatable bonds is 6. The van der Waals surface area contributed by atoms with Crippen molar-refractivity contribution in [2.24, 2.45) is 5.92 Å². The van der Waals surface area contributed by atoms with E-state index in [0.29, 0.717) is 48.5 Å². The average molecular weight is 413 g/mol. The molecule has 3 heterocycles. The summed E-state index contributed by atoms with van der Waals surface area (Å²) < 4.78 is 27.6. The van der Waals surface area contributed by atoms with Gasteiger partial charge in [0.1, 0.15) is 17.9 Å². The van der Waals surface area contributed by atoms with Gasteiger partial charge in [-0.1, -0.05) is 0 Å². The second-order valence-corrected chi connectivity index (χ2v) is 7.91. The molecule has 0 radical (unpaired) electrons. The summed E-state index contributed by atoms with van der Waals surface area (Å²) in [7, 11) is 0. The van der Waals surface area contributed by atoms with Crippen molar-refractivity contribution in [3.63, 3.8) is 0 Å². The van der Waals surface area contributed by atoms with Crippen LogP contribution in [0.25, 0.3) is 5.65 Å². The van der Waals surface area contributed by atoms with E-state index in [1.165, 1.54) is 6.07 Å². The molecule has 2 aliphatic rings. The first-order chi connectivity index (χ1) is 14.7. The number of hydrogen-bond acceptors (Lipinski definition) is 7. The van der Waals surface area contributed by atoms with Crippen molar-refractivity contribution in [2.45, 2.75) is 44.8 Å². The molecule has 3 aromatic rings. The maximum atomic E-state index is 14.4. The highest BCUT2D eigenvalue weighted by molar-refractivity contribution is 5.56. The number of nitrogens with zero attached hydrogens (tertiary/aromatic N) is 4. The van der Waals surface area contributed by atoms with Crippen molar-refractivity contribution in [3.8, 4) is 11.5 Å². The molecular formula is C21H24FN5O3. The third kappa shape index (κ3) is 3.65. The lowest BCUT2D eigenvalue weighted by molar-refractivity contribution is 0.0918. The predicted molar refractivity (Wildman–Crippen MR) is 107 cm³/mol. The summed E-state index contributed by atoms with van der Waals surface area (Å²) in [6.07, 6.45) is 7.24. The molecule has 1 aliphatic carbocycles. The minimum absolute atomic E-state index is 0.182. The number of fused-ring (bicyclic) bond motifs is 2. The number of halogens is 1. The van der Waals surface area contributed by atoms with E-state index in [1.54, 1.807) is 23.0 Å². The van der Waals surface area contributed by atoms with Gasteiger partial charge in [0, 0.05) is 24.1 Å². The van der Waals surface area contributed by atoms with E-state index < -0.39 is 0 Å². The van der Waals surface area contributed by atoms with Crippen molar-refractivity contribution in [1.29, 1.82) is 0 Å². The van der Waals surface area contributed by atoms with E-state index in [4.69, 9.17) is 9.47 Å². The molecule has 2 aromatic heterocycles. The Morgan fingerprint density at radius 3 is 3.00 bits per heavy atom. The number of aliphatic hydroxyl groups is 1. The van der Waals surface area contributed by atoms with Crippen molar-refractivity contribution in [3.05, 3.63) is 41.6 Å². The normalized spacial score (nSPS) is 20.7. The summed E-state index contributed by atoms with van der Waals surface area (Å²) in [5, 5.41) is 21.0. The van der Waals surface area contributed by atoms with E-state index in [1.807, 2.05) is 0 Å². The van der Waals surface area contributed by atoms with Gasteiger partial charge in [0.25, 0.3) is 0 Å². The van der Waals surface area contributed by atoms with E-state index in [2.05, 4.69) is 20.5 Å². The lowest BCUT2D eigenvalue weighted by Gasteiger charge is -2.25. The minimum Gasteiger partial charge on any atom is -0.493 e. The quantitative estimate of drug-likeness (QED) is 0.642. The Bertz CT molecular complexity index is 1050. The van der Waals surface area contributed by atoms with Crippen LogP contribution in [-0.2, 0) is 13.0 Å². The molecule has 1 aliphatic heterocycles. The van der Waals surface area contributed by atoms with E-state index >= 15 is 0 Å². The van der Waals surface area contributed by atoms with Gasteiger partial charge in [0.05, 0.1) is 25.5 Å². The maximum Gasteiger partial charge on any atom is 0.210 e. The van der Waals surface area contributed by atoms with Crippen LogP contribution in [0.4, 0.5) is 10.3 Å². The van der Waals surface area contributed by atoms with Gasteiger partial charge < -0.3 is 19.9 Å². The third-order valence-corrected chi connectivity index (χ3v) is 5.96. The second kappa shape index (κ2) is 8.06. The number of aromatic nitrogens is 4. The molecule has 9 heteroatoms. The minimum atomic E-state index is -0.260. The molecule has 0 spiro atoms. The van der Waals surface area contributed by atoms with Crippen LogP contribution < -0.4 is 14.8 Å². The number of hydrogen-bond donors (Lipinski definition) is 2. The van der Waals surface area contributed by atoms with Crippen LogP contribution in [0.5, 0.6) is 11.5 Å². The Hall–Kier alpha value is -2.94. The fraction of sp³-hybridized carbons (Fsp3) is 0.476. The highest BCUT2D eigenvalue weighted by atomic mass is 19.1. The average Bonchev–Trinajstić information content (AvgIpc) is 3.43. The van der Waals surface area contributed by atoms with E-state index in [0.717, 1.165) is 37.0 Å². The number of aliphatic hydroxyl groups excluding tert-OH is 1. The zero-order valence-corrected chi connectivity index (χ0v) is 16.6. The lowest BCUT2D eigenvalue weighted by atomic mass is 9.88. The largest absolute Gasteiger partial charge is 0.493 e. The predicted octanol–water partition coefficient (Wildman–Crippen LogP) is 2.74. The Labute approximate surface area is 173 Å². The molecule has 30 heavy (non-hydrogen) atoms. The molecule has 1 saturated carbocycles. The Kier molecular flexibility index (Phi) is 5.12. The fourth-order valence-electron chi connectivity index (χ4n) is 4.22. The Morgan fingerprint density at radius 1 is 1.27 bits per heavy atom. The zero-order chi connectivity index (χ0) is 20.5. The summed E-state index contributed by atoms with van der Waals surface area (Å²) in [5.74, 6) is 1.97. The molecule has 158 valence electrons. The maximum absolute atomic E-state index is 14.4. The number of anilines is 1. The zero-order valence-electron chi connectivity index (χ0n) is 16.6. The monoisotopic (exact) mass is 413 g/mol. The number of ether oxygens (including phenoxy) is 2. The fourth-order valence-corrected chi connectivity index (χ4v) is 4.22. The van der Waals surface area contributed by atoms with Gasteiger partial charge in [-0.05, 0) is 43.7 Å². The summed E-state index contributed by atoms with van der Waals surface area (Å²) in [5.41, 5.74) is 2.05. The van der Waals surface area contributed by atoms with Crippen LogP contribution >= 0.6 is 0 Å². The van der Waals surface area contributed by atoms with Gasteiger partial charge in [-0.2, -0.15) is 0 Å². The molecule has 0 amide bonds. The smallest absolute Gasteiger partial charge is 0.210 e. The van der Waals surface area contributed by atoms with Crippen molar-refractivity contribution in [1.82, 2.24) is 19.6 Å². The second-order valence-electron chi connectivity index (χ2n) is 7.91. The lowest BCUT2D eigenvalue weighted by Crippen LogP contribution is -2.22. The van der Waals surface area contributed by atoms with Crippen molar-refractivity contribution >= 4 is 11.6 Å². The molecule has 1 aromatic carbocycles. The first kappa shape index (κ1) is 19.0. The van der Waals surface area contributed by atoms with Gasteiger partial charge in [-0.25, -0.2) is 13.8 Å². The molecule has 0 bridgehead atoms. The highest BCUT2D eigenvalue weighted by Crippen LogP contribution is 2.31. The Morgan fingerprint density at radius 2 is 2.13 bits per heavy atom. The van der Waals surface area contributed by atoms with Crippen LogP contribution in [0.2, 0.25) is 0 Å². The summed E-state index contributed by atoms with van der Waals surface area (Å²) >= 11 is 0. The molecule has 0 unspecified atom stereocenters. The molecule has 0 atom stereocenters. The van der Waals surface area contributed by atoms with Crippen LogP contribution in [0.1, 0.15) is 36.8 Å². The van der Waals surface area contributed by atoms with E-state index in [-0.39, 0.29) is 18.5 Å². The van der Waals surface area contributed by atoms with Gasteiger partial charge in [-0.15, -0.1) is 10.2 Å². The number of benzene rings is 1. The summed E-state index contributed by atoms with van der Waals surface area (Å²) in [6.45, 7) is 1.42. The van der Waals surface area contributed by atoms with Gasteiger partial charge in [0.2, 0.25) is 11.6 Å².